The average molecular weight is 304 g/mol. The van der Waals surface area contributed by atoms with Crippen molar-refractivity contribution in [3.05, 3.63) is 51.5 Å². The number of nitrogens with one attached hydrogen (secondary N) is 1. The Balaban J connectivity index is 1.96. The van der Waals surface area contributed by atoms with Crippen molar-refractivity contribution in [2.24, 2.45) is 0 Å². The minimum Gasteiger partial charge on any atom is -0.476 e. The fourth-order valence-corrected chi connectivity index (χ4v) is 2.75. The summed E-state index contributed by atoms with van der Waals surface area (Å²) in [7, 11) is 0. The molecule has 0 spiro atoms. The zero-order valence-electron chi connectivity index (χ0n) is 11.8. The summed E-state index contributed by atoms with van der Waals surface area (Å²) >= 11 is 1.23. The predicted molar refractivity (Wildman–Crippen MR) is 80.5 cm³/mol. The molecule has 0 fully saturated rings. The Bertz CT molecular complexity index is 666. The van der Waals surface area contributed by atoms with E-state index in [1.807, 2.05) is 31.2 Å². The number of carboxylic acid groups (broad SMARTS) is 1. The van der Waals surface area contributed by atoms with Gasteiger partial charge in [0.05, 0.1) is 12.5 Å². The van der Waals surface area contributed by atoms with Crippen LogP contribution in [-0.4, -0.2) is 22.0 Å². The summed E-state index contributed by atoms with van der Waals surface area (Å²) in [6.07, 6.45) is 0.295. The van der Waals surface area contributed by atoms with Crippen LogP contribution in [0.25, 0.3) is 0 Å². The van der Waals surface area contributed by atoms with E-state index in [2.05, 4.69) is 10.3 Å². The number of aryl methyl sites for hydroxylation is 1. The van der Waals surface area contributed by atoms with E-state index in [-0.39, 0.29) is 17.6 Å². The highest BCUT2D eigenvalue weighted by molar-refractivity contribution is 7.09. The molecule has 0 radical (unpaired) electrons. The highest BCUT2D eigenvalue weighted by Crippen LogP contribution is 2.18. The Morgan fingerprint density at radius 3 is 2.81 bits per heavy atom. The number of aromatic nitrogens is 1. The highest BCUT2D eigenvalue weighted by atomic mass is 32.1. The van der Waals surface area contributed by atoms with Gasteiger partial charge in [-0.15, -0.1) is 11.3 Å². The number of carboxylic acids is 1. The first-order valence-corrected chi connectivity index (χ1v) is 7.37. The maximum atomic E-state index is 12.0. The molecule has 2 N–H and O–H groups in total. The topological polar surface area (TPSA) is 79.3 Å². The summed E-state index contributed by atoms with van der Waals surface area (Å²) in [5, 5.41) is 13.7. The summed E-state index contributed by atoms with van der Waals surface area (Å²) in [6.45, 7) is 3.77. The van der Waals surface area contributed by atoms with Crippen molar-refractivity contribution in [3.63, 3.8) is 0 Å². The largest absolute Gasteiger partial charge is 0.476 e. The first-order chi connectivity index (χ1) is 9.95. The molecular weight excluding hydrogens is 288 g/mol. The molecule has 2 aromatic rings. The van der Waals surface area contributed by atoms with Crippen LogP contribution in [0, 0.1) is 6.92 Å². The van der Waals surface area contributed by atoms with Crippen LogP contribution in [0.5, 0.6) is 0 Å². The van der Waals surface area contributed by atoms with Crippen molar-refractivity contribution in [3.8, 4) is 0 Å². The van der Waals surface area contributed by atoms with E-state index in [4.69, 9.17) is 5.11 Å². The zero-order chi connectivity index (χ0) is 15.4. The Morgan fingerprint density at radius 1 is 1.43 bits per heavy atom. The van der Waals surface area contributed by atoms with Gasteiger partial charge in [0.1, 0.15) is 5.01 Å². The Labute approximate surface area is 126 Å². The summed E-state index contributed by atoms with van der Waals surface area (Å²) in [5.41, 5.74) is 2.07. The van der Waals surface area contributed by atoms with E-state index >= 15 is 0 Å². The van der Waals surface area contributed by atoms with Gasteiger partial charge in [-0.2, -0.15) is 0 Å². The van der Waals surface area contributed by atoms with Crippen LogP contribution in [0.1, 0.15) is 39.6 Å². The quantitative estimate of drug-likeness (QED) is 0.889. The third kappa shape index (κ3) is 4.13. The normalized spacial score (nSPS) is 11.9. The number of thiazole rings is 1. The van der Waals surface area contributed by atoms with Crippen LogP contribution in [0.15, 0.2) is 29.6 Å². The van der Waals surface area contributed by atoms with Crippen LogP contribution in [0.2, 0.25) is 0 Å². The van der Waals surface area contributed by atoms with Crippen molar-refractivity contribution >= 4 is 23.2 Å². The van der Waals surface area contributed by atoms with Crippen molar-refractivity contribution in [1.82, 2.24) is 10.3 Å². The van der Waals surface area contributed by atoms with Gasteiger partial charge in [0.2, 0.25) is 5.91 Å². The van der Waals surface area contributed by atoms with Crippen molar-refractivity contribution in [2.75, 3.05) is 0 Å². The van der Waals surface area contributed by atoms with E-state index in [9.17, 15) is 9.59 Å². The lowest BCUT2D eigenvalue weighted by molar-refractivity contribution is -0.121. The molecule has 1 aromatic heterocycles. The lowest BCUT2D eigenvalue weighted by atomic mass is 10.1. The number of amides is 1. The molecule has 0 bridgehead atoms. The SMILES string of the molecule is Cc1cccc(CC(=O)NC(C)c2nc(C(=O)O)cs2)c1. The van der Waals surface area contributed by atoms with Gasteiger partial charge in [-0.05, 0) is 19.4 Å². The van der Waals surface area contributed by atoms with Gasteiger partial charge < -0.3 is 10.4 Å². The van der Waals surface area contributed by atoms with Crippen molar-refractivity contribution in [2.45, 2.75) is 26.3 Å². The van der Waals surface area contributed by atoms with Gasteiger partial charge >= 0.3 is 5.97 Å². The molecule has 0 aliphatic rings. The number of nitrogens with zero attached hydrogens (tertiary/aromatic N) is 1. The molecule has 5 nitrogen and oxygen atoms in total. The van der Waals surface area contributed by atoms with Crippen LogP contribution < -0.4 is 5.32 Å². The van der Waals surface area contributed by atoms with E-state index < -0.39 is 5.97 Å². The second-order valence-corrected chi connectivity index (χ2v) is 5.72. The number of aromatic carboxylic acids is 1. The van der Waals surface area contributed by atoms with Gasteiger partial charge in [-0.1, -0.05) is 29.8 Å². The lowest BCUT2D eigenvalue weighted by Crippen LogP contribution is -2.28. The Hall–Kier alpha value is -2.21. The maximum absolute atomic E-state index is 12.0. The van der Waals surface area contributed by atoms with E-state index in [0.29, 0.717) is 11.4 Å². The molecule has 1 amide bonds. The second kappa shape index (κ2) is 6.49. The molecule has 1 aromatic carbocycles. The Kier molecular flexibility index (Phi) is 4.70. The number of carbonyl (C=O) groups excluding carboxylic acids is 1. The molecule has 6 heteroatoms. The first-order valence-electron chi connectivity index (χ1n) is 6.49. The van der Waals surface area contributed by atoms with E-state index in [0.717, 1.165) is 11.1 Å². The summed E-state index contributed by atoms with van der Waals surface area (Å²) in [4.78, 5) is 26.8. The molecule has 1 atom stereocenters. The zero-order valence-corrected chi connectivity index (χ0v) is 12.6. The summed E-state index contributed by atoms with van der Waals surface area (Å²) in [6, 6.07) is 7.47. The molecule has 21 heavy (non-hydrogen) atoms. The number of hydrogen-bond donors (Lipinski definition) is 2. The second-order valence-electron chi connectivity index (χ2n) is 4.83. The molecule has 0 saturated carbocycles. The highest BCUT2D eigenvalue weighted by Gasteiger charge is 2.16. The fourth-order valence-electron chi connectivity index (χ4n) is 1.95. The average Bonchev–Trinajstić information content (AvgIpc) is 2.88. The monoisotopic (exact) mass is 304 g/mol. The van der Waals surface area contributed by atoms with Crippen LogP contribution in [-0.2, 0) is 11.2 Å². The van der Waals surface area contributed by atoms with Gasteiger partial charge in [0.25, 0.3) is 0 Å². The maximum Gasteiger partial charge on any atom is 0.355 e. The predicted octanol–water partition coefficient (Wildman–Crippen LogP) is 2.57. The third-order valence-corrected chi connectivity index (χ3v) is 3.96. The van der Waals surface area contributed by atoms with E-state index in [1.54, 1.807) is 6.92 Å². The van der Waals surface area contributed by atoms with Gasteiger partial charge in [0.15, 0.2) is 5.69 Å². The minimum atomic E-state index is -1.06. The van der Waals surface area contributed by atoms with Crippen molar-refractivity contribution in [1.29, 1.82) is 0 Å². The number of rotatable bonds is 5. The van der Waals surface area contributed by atoms with Gasteiger partial charge in [0, 0.05) is 5.38 Å². The third-order valence-electron chi connectivity index (χ3n) is 2.94. The first kappa shape index (κ1) is 15.2. The van der Waals surface area contributed by atoms with Gasteiger partial charge in [-0.3, -0.25) is 4.79 Å². The minimum absolute atomic E-state index is 0.00906. The lowest BCUT2D eigenvalue weighted by Gasteiger charge is -2.11. The summed E-state index contributed by atoms with van der Waals surface area (Å²) < 4.78 is 0. The van der Waals surface area contributed by atoms with Gasteiger partial charge in [-0.25, -0.2) is 9.78 Å². The smallest absolute Gasteiger partial charge is 0.355 e. The van der Waals surface area contributed by atoms with E-state index in [1.165, 1.54) is 16.7 Å². The standard InChI is InChI=1S/C15H16N2O3S/c1-9-4-3-5-11(6-9)7-13(18)16-10(2)14-17-12(8-21-14)15(19)20/h3-6,8,10H,7H2,1-2H3,(H,16,18)(H,19,20). The number of benzene rings is 1. The van der Waals surface area contributed by atoms with Crippen LogP contribution in [0.3, 0.4) is 0 Å². The molecule has 0 saturated heterocycles. The number of carbonyl (C=O) groups is 2. The number of hydrogen-bond acceptors (Lipinski definition) is 4. The van der Waals surface area contributed by atoms with Crippen molar-refractivity contribution < 1.29 is 14.7 Å². The molecule has 1 heterocycles. The Morgan fingerprint density at radius 2 is 2.19 bits per heavy atom. The molecule has 0 aliphatic carbocycles. The summed E-state index contributed by atoms with van der Waals surface area (Å²) in [5.74, 6) is -1.17. The molecule has 110 valence electrons. The molecular formula is C15H16N2O3S. The fraction of sp³-hybridized carbons (Fsp3) is 0.267. The molecule has 2 rings (SSSR count). The molecule has 1 unspecified atom stereocenters. The van der Waals surface area contributed by atoms with Crippen LogP contribution in [0.4, 0.5) is 0 Å². The van der Waals surface area contributed by atoms with Crippen LogP contribution >= 0.6 is 11.3 Å². The molecule has 0 aliphatic heterocycles.